The van der Waals surface area contributed by atoms with Crippen molar-refractivity contribution >= 4 is 16.2 Å². The molecule has 0 fully saturated rings. The Morgan fingerprint density at radius 1 is 1.03 bits per heavy atom. The van der Waals surface area contributed by atoms with Crippen LogP contribution in [0, 0.1) is 0 Å². The van der Waals surface area contributed by atoms with E-state index < -0.39 is 27.9 Å². The van der Waals surface area contributed by atoms with Crippen molar-refractivity contribution < 1.29 is 32.0 Å². The largest absolute Gasteiger partial charge is 0.497 e. The van der Waals surface area contributed by atoms with Crippen LogP contribution in [0.15, 0.2) is 53.4 Å². The average Bonchev–Trinajstić information content (AvgIpc) is 2.67. The first-order valence-corrected chi connectivity index (χ1v) is 10.6. The number of ether oxygens (including phenoxy) is 2. The molecule has 1 amide bonds. The zero-order valence-electron chi connectivity index (χ0n) is 17.7. The number of aliphatic hydroxyl groups excluding tert-OH is 1. The molecular weight excluding hydrogens is 410 g/mol. The Hall–Kier alpha value is -2.78. The maximum atomic E-state index is 12.4. The second kappa shape index (κ2) is 9.36. The minimum atomic E-state index is -4.01. The lowest BCUT2D eigenvalue weighted by atomic mass is 10.1. The van der Waals surface area contributed by atoms with Crippen LogP contribution < -0.4 is 8.92 Å². The summed E-state index contributed by atoms with van der Waals surface area (Å²) in [5, 5.41) is 10.4. The molecule has 0 radical (unpaired) electrons. The normalized spacial score (nSPS) is 12.7. The Morgan fingerprint density at radius 2 is 1.57 bits per heavy atom. The van der Waals surface area contributed by atoms with Gasteiger partial charge in [-0.1, -0.05) is 12.1 Å². The van der Waals surface area contributed by atoms with Gasteiger partial charge < -0.3 is 23.7 Å². The van der Waals surface area contributed by atoms with Gasteiger partial charge in [-0.25, -0.2) is 4.79 Å². The van der Waals surface area contributed by atoms with Crippen molar-refractivity contribution in [2.24, 2.45) is 0 Å². The fraction of sp³-hybridized carbons (Fsp3) is 0.381. The number of benzene rings is 2. The maximum Gasteiger partial charge on any atom is 0.410 e. The van der Waals surface area contributed by atoms with E-state index in [1.54, 1.807) is 20.8 Å². The van der Waals surface area contributed by atoms with E-state index >= 15 is 0 Å². The zero-order chi connectivity index (χ0) is 22.5. The van der Waals surface area contributed by atoms with E-state index in [0.717, 1.165) is 0 Å². The Labute approximate surface area is 177 Å². The van der Waals surface area contributed by atoms with Gasteiger partial charge in [0, 0.05) is 7.05 Å². The molecule has 0 saturated carbocycles. The van der Waals surface area contributed by atoms with Crippen molar-refractivity contribution in [1.82, 2.24) is 4.90 Å². The van der Waals surface area contributed by atoms with Crippen LogP contribution in [0.25, 0.3) is 0 Å². The van der Waals surface area contributed by atoms with Crippen LogP contribution in [-0.2, 0) is 14.9 Å². The van der Waals surface area contributed by atoms with Crippen LogP contribution in [0.1, 0.15) is 32.4 Å². The number of likely N-dealkylation sites (N-methyl/N-ethyl adjacent to an activating group) is 1. The Morgan fingerprint density at radius 3 is 2.07 bits per heavy atom. The van der Waals surface area contributed by atoms with E-state index in [1.165, 1.54) is 67.6 Å². The molecule has 0 spiro atoms. The molecule has 0 saturated heterocycles. The van der Waals surface area contributed by atoms with Crippen molar-refractivity contribution in [3.63, 3.8) is 0 Å². The summed E-state index contributed by atoms with van der Waals surface area (Å²) in [5.74, 6) is 0.630. The molecule has 0 aliphatic rings. The lowest BCUT2D eigenvalue weighted by Gasteiger charge is -2.26. The molecule has 9 heteroatoms. The Kier molecular flexibility index (Phi) is 7.33. The SMILES string of the molecule is COc1ccc(S(=O)(=O)Oc2ccc(C(O)CN(C)C(=O)OC(C)(C)C)cc2)cc1. The van der Waals surface area contributed by atoms with Crippen molar-refractivity contribution in [2.45, 2.75) is 37.4 Å². The van der Waals surface area contributed by atoms with Gasteiger partial charge in [-0.3, -0.25) is 0 Å². The lowest BCUT2D eigenvalue weighted by molar-refractivity contribution is 0.0205. The molecule has 2 aromatic rings. The van der Waals surface area contributed by atoms with Gasteiger partial charge >= 0.3 is 16.2 Å². The van der Waals surface area contributed by atoms with E-state index in [2.05, 4.69) is 0 Å². The molecule has 164 valence electrons. The van der Waals surface area contributed by atoms with E-state index in [9.17, 15) is 18.3 Å². The third-order valence-corrected chi connectivity index (χ3v) is 5.23. The van der Waals surface area contributed by atoms with Crippen molar-refractivity contribution in [1.29, 1.82) is 0 Å². The van der Waals surface area contributed by atoms with Crippen LogP contribution in [0.2, 0.25) is 0 Å². The molecule has 30 heavy (non-hydrogen) atoms. The minimum absolute atomic E-state index is 0.00797. The molecule has 1 atom stereocenters. The zero-order valence-corrected chi connectivity index (χ0v) is 18.5. The molecule has 8 nitrogen and oxygen atoms in total. The molecule has 0 aliphatic heterocycles. The first-order chi connectivity index (χ1) is 13.9. The van der Waals surface area contributed by atoms with Gasteiger partial charge in [0.25, 0.3) is 0 Å². The minimum Gasteiger partial charge on any atom is -0.497 e. The van der Waals surface area contributed by atoms with Crippen LogP contribution in [-0.4, -0.2) is 50.8 Å². The van der Waals surface area contributed by atoms with Gasteiger partial charge in [-0.15, -0.1) is 0 Å². The summed E-state index contributed by atoms with van der Waals surface area (Å²) in [6.07, 6.45) is -1.53. The molecule has 1 unspecified atom stereocenters. The highest BCUT2D eigenvalue weighted by Gasteiger charge is 2.22. The van der Waals surface area contributed by atoms with Gasteiger partial charge in [0.05, 0.1) is 19.8 Å². The number of amides is 1. The number of aliphatic hydroxyl groups is 1. The molecule has 2 aromatic carbocycles. The van der Waals surface area contributed by atoms with Gasteiger partial charge in [-0.2, -0.15) is 8.42 Å². The van der Waals surface area contributed by atoms with Crippen molar-refractivity contribution in [3.05, 3.63) is 54.1 Å². The second-order valence-electron chi connectivity index (χ2n) is 7.66. The number of rotatable bonds is 7. The number of hydrogen-bond acceptors (Lipinski definition) is 7. The topological polar surface area (TPSA) is 102 Å². The fourth-order valence-electron chi connectivity index (χ4n) is 2.44. The van der Waals surface area contributed by atoms with E-state index in [0.29, 0.717) is 11.3 Å². The Balaban J connectivity index is 2.02. The maximum absolute atomic E-state index is 12.4. The van der Waals surface area contributed by atoms with Crippen molar-refractivity contribution in [3.8, 4) is 11.5 Å². The molecule has 0 aromatic heterocycles. The van der Waals surface area contributed by atoms with Crippen LogP contribution >= 0.6 is 0 Å². The Bertz CT molecular complexity index is 948. The summed E-state index contributed by atoms with van der Waals surface area (Å²) in [6.45, 7) is 5.29. The number of methoxy groups -OCH3 is 1. The fourth-order valence-corrected chi connectivity index (χ4v) is 3.37. The monoisotopic (exact) mass is 437 g/mol. The predicted molar refractivity (Wildman–Crippen MR) is 111 cm³/mol. The van der Waals surface area contributed by atoms with Gasteiger partial charge in [0.15, 0.2) is 0 Å². The highest BCUT2D eigenvalue weighted by Crippen LogP contribution is 2.23. The smallest absolute Gasteiger partial charge is 0.410 e. The quantitative estimate of drug-likeness (QED) is 0.663. The number of hydrogen-bond donors (Lipinski definition) is 1. The van der Waals surface area contributed by atoms with Crippen LogP contribution in [0.5, 0.6) is 11.5 Å². The van der Waals surface area contributed by atoms with Crippen molar-refractivity contribution in [2.75, 3.05) is 20.7 Å². The molecule has 2 rings (SSSR count). The molecular formula is C21H27NO7S. The summed E-state index contributed by atoms with van der Waals surface area (Å²) in [5.41, 5.74) is -0.135. The summed E-state index contributed by atoms with van der Waals surface area (Å²) >= 11 is 0. The number of carbonyl (C=O) groups is 1. The molecule has 0 heterocycles. The third kappa shape index (κ3) is 6.64. The average molecular weight is 438 g/mol. The second-order valence-corrected chi connectivity index (χ2v) is 9.21. The van der Waals surface area contributed by atoms with Crippen LogP contribution in [0.3, 0.4) is 0 Å². The van der Waals surface area contributed by atoms with Gasteiger partial charge in [0.1, 0.15) is 22.0 Å². The number of carbonyl (C=O) groups excluding carboxylic acids is 1. The summed E-state index contributed by atoms with van der Waals surface area (Å²) in [7, 11) is -0.995. The summed E-state index contributed by atoms with van der Waals surface area (Å²) in [4.78, 5) is 13.3. The van der Waals surface area contributed by atoms with E-state index in [4.69, 9.17) is 13.7 Å². The van der Waals surface area contributed by atoms with E-state index in [1.807, 2.05) is 0 Å². The standard InChI is InChI=1S/C21H27NO7S/c1-21(2,3)28-20(24)22(4)14-19(23)15-6-8-17(9-7-15)29-30(25,26)18-12-10-16(27-5)11-13-18/h6-13,19,23H,14H2,1-5H3. The summed E-state index contributed by atoms with van der Waals surface area (Å²) in [6, 6.07) is 11.8. The first-order valence-electron chi connectivity index (χ1n) is 9.22. The highest BCUT2D eigenvalue weighted by atomic mass is 32.2. The summed E-state index contributed by atoms with van der Waals surface area (Å²) < 4.78 is 40.2. The molecule has 0 aliphatic carbocycles. The van der Waals surface area contributed by atoms with Crippen LogP contribution in [0.4, 0.5) is 4.79 Å². The van der Waals surface area contributed by atoms with Gasteiger partial charge in [-0.05, 0) is 62.7 Å². The lowest BCUT2D eigenvalue weighted by Crippen LogP contribution is -2.36. The predicted octanol–water partition coefficient (Wildman–Crippen LogP) is 3.36. The first kappa shape index (κ1) is 23.5. The van der Waals surface area contributed by atoms with Gasteiger partial charge in [0.2, 0.25) is 0 Å². The highest BCUT2D eigenvalue weighted by molar-refractivity contribution is 7.87. The van der Waals surface area contributed by atoms with E-state index in [-0.39, 0.29) is 17.2 Å². The molecule has 0 bridgehead atoms. The number of nitrogens with zero attached hydrogens (tertiary/aromatic N) is 1. The molecule has 1 N–H and O–H groups in total. The third-order valence-electron chi connectivity index (χ3n) is 3.97.